The van der Waals surface area contributed by atoms with Crippen molar-refractivity contribution in [2.45, 2.75) is 13.0 Å². The van der Waals surface area contributed by atoms with E-state index in [-0.39, 0.29) is 11.8 Å². The fourth-order valence-corrected chi connectivity index (χ4v) is 3.58. The van der Waals surface area contributed by atoms with Gasteiger partial charge in [-0.3, -0.25) is 14.5 Å². The zero-order valence-electron chi connectivity index (χ0n) is 16.1. The fraction of sp³-hybridized carbons (Fsp3) is 0.350. The lowest BCUT2D eigenvalue weighted by atomic mass is 10.2. The number of carbonyl (C=O) groups excluding carboxylic acids is 2. The molecule has 1 aliphatic rings. The number of amides is 2. The molecule has 2 aromatic rings. The SMILES string of the molecule is CC(Nc1ccc(NC(=O)CN2CCOCC2)cc1)C(=O)Nc1sccc1C#N. The van der Waals surface area contributed by atoms with Gasteiger partial charge in [-0.1, -0.05) is 0 Å². The number of thiophene rings is 1. The summed E-state index contributed by atoms with van der Waals surface area (Å²) in [5, 5.41) is 20.1. The second-order valence-corrected chi connectivity index (χ2v) is 7.56. The number of nitrogens with one attached hydrogen (secondary N) is 3. The van der Waals surface area contributed by atoms with E-state index in [1.165, 1.54) is 11.3 Å². The molecule has 1 unspecified atom stereocenters. The predicted molar refractivity (Wildman–Crippen MR) is 113 cm³/mol. The number of morpholine rings is 1. The van der Waals surface area contributed by atoms with Crippen molar-refractivity contribution in [3.63, 3.8) is 0 Å². The van der Waals surface area contributed by atoms with Crippen molar-refractivity contribution in [1.82, 2.24) is 4.90 Å². The number of anilines is 3. The molecule has 8 nitrogen and oxygen atoms in total. The van der Waals surface area contributed by atoms with Gasteiger partial charge in [0.25, 0.3) is 0 Å². The maximum Gasteiger partial charge on any atom is 0.247 e. The Balaban J connectivity index is 1.48. The Morgan fingerprint density at radius 3 is 2.55 bits per heavy atom. The maximum atomic E-state index is 12.3. The number of nitrogens with zero attached hydrogens (tertiary/aromatic N) is 2. The van der Waals surface area contributed by atoms with Gasteiger partial charge in [0.1, 0.15) is 17.1 Å². The van der Waals surface area contributed by atoms with Crippen LogP contribution in [-0.2, 0) is 14.3 Å². The topological polar surface area (TPSA) is 106 Å². The van der Waals surface area contributed by atoms with Crippen LogP contribution in [0.4, 0.5) is 16.4 Å². The minimum atomic E-state index is -0.495. The van der Waals surface area contributed by atoms with E-state index in [9.17, 15) is 9.59 Å². The number of rotatable bonds is 7. The Labute approximate surface area is 173 Å². The molecule has 0 aliphatic carbocycles. The number of nitriles is 1. The van der Waals surface area contributed by atoms with Crippen molar-refractivity contribution in [3.8, 4) is 6.07 Å². The first kappa shape index (κ1) is 20.8. The highest BCUT2D eigenvalue weighted by Crippen LogP contribution is 2.22. The minimum Gasteiger partial charge on any atom is -0.379 e. The number of carbonyl (C=O) groups is 2. The zero-order chi connectivity index (χ0) is 20.6. The Kier molecular flexibility index (Phi) is 7.19. The quantitative estimate of drug-likeness (QED) is 0.643. The minimum absolute atomic E-state index is 0.0652. The highest BCUT2D eigenvalue weighted by molar-refractivity contribution is 7.14. The number of ether oxygens (including phenoxy) is 1. The summed E-state index contributed by atoms with van der Waals surface area (Å²) in [5.41, 5.74) is 1.90. The van der Waals surface area contributed by atoms with E-state index in [0.717, 1.165) is 18.8 Å². The highest BCUT2D eigenvalue weighted by Gasteiger charge is 2.16. The average molecular weight is 414 g/mol. The highest BCUT2D eigenvalue weighted by atomic mass is 32.1. The van der Waals surface area contributed by atoms with Crippen LogP contribution < -0.4 is 16.0 Å². The summed E-state index contributed by atoms with van der Waals surface area (Å²) in [7, 11) is 0. The van der Waals surface area contributed by atoms with Crippen molar-refractivity contribution in [2.75, 3.05) is 48.8 Å². The monoisotopic (exact) mass is 413 g/mol. The lowest BCUT2D eigenvalue weighted by molar-refractivity contribution is -0.118. The van der Waals surface area contributed by atoms with Crippen LogP contribution in [0.3, 0.4) is 0 Å². The summed E-state index contributed by atoms with van der Waals surface area (Å²) < 4.78 is 5.28. The zero-order valence-corrected chi connectivity index (χ0v) is 16.9. The third-order valence-corrected chi connectivity index (χ3v) is 5.27. The molecule has 1 aliphatic heterocycles. The van der Waals surface area contributed by atoms with E-state index in [2.05, 4.69) is 20.9 Å². The van der Waals surface area contributed by atoms with Gasteiger partial charge in [0.2, 0.25) is 11.8 Å². The lowest BCUT2D eigenvalue weighted by Crippen LogP contribution is -2.41. The molecule has 0 radical (unpaired) electrons. The first-order valence-electron chi connectivity index (χ1n) is 9.30. The van der Waals surface area contributed by atoms with Crippen LogP contribution in [-0.4, -0.2) is 55.6 Å². The molecular formula is C20H23N5O3S. The van der Waals surface area contributed by atoms with E-state index < -0.39 is 6.04 Å². The third-order valence-electron chi connectivity index (χ3n) is 4.44. The summed E-state index contributed by atoms with van der Waals surface area (Å²) >= 11 is 1.31. The molecule has 0 saturated carbocycles. The van der Waals surface area contributed by atoms with Crippen molar-refractivity contribution in [2.24, 2.45) is 0 Å². The second-order valence-electron chi connectivity index (χ2n) is 6.64. The van der Waals surface area contributed by atoms with E-state index in [0.29, 0.717) is 36.0 Å². The average Bonchev–Trinajstić information content (AvgIpc) is 3.17. The van der Waals surface area contributed by atoms with Crippen LogP contribution in [0.1, 0.15) is 12.5 Å². The molecule has 0 bridgehead atoms. The summed E-state index contributed by atoms with van der Waals surface area (Å²) in [6.45, 7) is 4.92. The van der Waals surface area contributed by atoms with Gasteiger partial charge in [0.05, 0.1) is 25.3 Å². The van der Waals surface area contributed by atoms with Crippen LogP contribution >= 0.6 is 11.3 Å². The number of benzene rings is 1. The largest absolute Gasteiger partial charge is 0.379 e. The Bertz CT molecular complexity index is 884. The first-order valence-corrected chi connectivity index (χ1v) is 10.2. The fourth-order valence-electron chi connectivity index (χ4n) is 2.84. The molecule has 1 fully saturated rings. The Morgan fingerprint density at radius 1 is 1.17 bits per heavy atom. The first-order chi connectivity index (χ1) is 14.0. The molecule has 1 atom stereocenters. The molecule has 0 spiro atoms. The van der Waals surface area contributed by atoms with Crippen LogP contribution in [0.15, 0.2) is 35.7 Å². The van der Waals surface area contributed by atoms with Gasteiger partial charge >= 0.3 is 0 Å². The number of hydrogen-bond acceptors (Lipinski definition) is 7. The van der Waals surface area contributed by atoms with Gasteiger partial charge in [0.15, 0.2) is 0 Å². The maximum absolute atomic E-state index is 12.3. The predicted octanol–water partition coefficient (Wildman–Crippen LogP) is 2.33. The van der Waals surface area contributed by atoms with Gasteiger partial charge in [0, 0.05) is 24.5 Å². The van der Waals surface area contributed by atoms with Crippen molar-refractivity contribution in [1.29, 1.82) is 5.26 Å². The molecule has 3 rings (SSSR count). The standard InChI is InChI=1S/C20H23N5O3S/c1-14(19(27)24-20-15(12-21)6-11-29-20)22-16-2-4-17(5-3-16)23-18(26)13-25-7-9-28-10-8-25/h2-6,11,14,22H,7-10,13H2,1H3,(H,23,26)(H,24,27). The van der Waals surface area contributed by atoms with Gasteiger partial charge in [-0.25, -0.2) is 0 Å². The van der Waals surface area contributed by atoms with Crippen molar-refractivity contribution >= 4 is 39.5 Å². The van der Waals surface area contributed by atoms with E-state index >= 15 is 0 Å². The van der Waals surface area contributed by atoms with Crippen LogP contribution in [0.5, 0.6) is 0 Å². The van der Waals surface area contributed by atoms with Gasteiger partial charge in [-0.15, -0.1) is 11.3 Å². The van der Waals surface area contributed by atoms with Crippen LogP contribution in [0, 0.1) is 11.3 Å². The summed E-state index contributed by atoms with van der Waals surface area (Å²) in [4.78, 5) is 26.5. The molecule has 9 heteroatoms. The molecular weight excluding hydrogens is 390 g/mol. The Morgan fingerprint density at radius 2 is 1.86 bits per heavy atom. The lowest BCUT2D eigenvalue weighted by Gasteiger charge is -2.25. The van der Waals surface area contributed by atoms with Crippen LogP contribution in [0.2, 0.25) is 0 Å². The molecule has 2 amide bonds. The molecule has 1 aromatic carbocycles. The van der Waals surface area contributed by atoms with Crippen LogP contribution in [0.25, 0.3) is 0 Å². The normalized spacial score (nSPS) is 15.2. The van der Waals surface area contributed by atoms with Crippen molar-refractivity contribution in [3.05, 3.63) is 41.3 Å². The molecule has 29 heavy (non-hydrogen) atoms. The molecule has 1 saturated heterocycles. The van der Waals surface area contributed by atoms with Gasteiger partial charge in [-0.2, -0.15) is 5.26 Å². The molecule has 2 heterocycles. The molecule has 1 aromatic heterocycles. The molecule has 3 N–H and O–H groups in total. The second kappa shape index (κ2) is 10.0. The van der Waals surface area contributed by atoms with Crippen molar-refractivity contribution < 1.29 is 14.3 Å². The van der Waals surface area contributed by atoms with Gasteiger partial charge < -0.3 is 20.7 Å². The smallest absolute Gasteiger partial charge is 0.247 e. The Hall–Kier alpha value is -2.93. The van der Waals surface area contributed by atoms with E-state index in [4.69, 9.17) is 10.00 Å². The van der Waals surface area contributed by atoms with E-state index in [1.807, 2.05) is 6.07 Å². The number of hydrogen-bond donors (Lipinski definition) is 3. The summed E-state index contributed by atoms with van der Waals surface area (Å²) in [5.74, 6) is -0.295. The summed E-state index contributed by atoms with van der Waals surface area (Å²) in [6.07, 6.45) is 0. The third kappa shape index (κ3) is 6.02. The van der Waals surface area contributed by atoms with E-state index in [1.54, 1.807) is 42.6 Å². The summed E-state index contributed by atoms with van der Waals surface area (Å²) in [6, 6.07) is 10.4. The molecule has 152 valence electrons. The van der Waals surface area contributed by atoms with Gasteiger partial charge in [-0.05, 0) is 42.6 Å².